The van der Waals surface area contributed by atoms with Gasteiger partial charge in [0.25, 0.3) is 5.91 Å². The number of hydrogen-bond donors (Lipinski definition) is 1. The highest BCUT2D eigenvalue weighted by Gasteiger charge is 2.19. The molecule has 1 aliphatic rings. The van der Waals surface area contributed by atoms with Crippen LogP contribution in [0.25, 0.3) is 5.69 Å². The van der Waals surface area contributed by atoms with Gasteiger partial charge in [-0.1, -0.05) is 29.8 Å². The van der Waals surface area contributed by atoms with Gasteiger partial charge in [-0.25, -0.2) is 4.68 Å². The molecule has 0 aliphatic carbocycles. The molecule has 0 bridgehead atoms. The van der Waals surface area contributed by atoms with Crippen molar-refractivity contribution in [3.63, 3.8) is 0 Å². The fraction of sp³-hybridized carbons (Fsp3) is 0.158. The summed E-state index contributed by atoms with van der Waals surface area (Å²) in [6.45, 7) is 1.25. The zero-order chi connectivity index (χ0) is 17.9. The number of amides is 1. The Morgan fingerprint density at radius 1 is 1.19 bits per heavy atom. The maximum Gasteiger partial charge on any atom is 0.251 e. The van der Waals surface area contributed by atoms with Crippen LogP contribution in [0.5, 0.6) is 11.5 Å². The summed E-state index contributed by atoms with van der Waals surface area (Å²) in [6, 6.07) is 12.9. The van der Waals surface area contributed by atoms with E-state index in [4.69, 9.17) is 21.1 Å². The van der Waals surface area contributed by atoms with Crippen molar-refractivity contribution in [2.24, 2.45) is 0 Å². The maximum atomic E-state index is 12.6. The van der Waals surface area contributed by atoms with Crippen molar-refractivity contribution < 1.29 is 14.3 Å². The number of halogens is 1. The first-order valence-electron chi connectivity index (χ1n) is 8.17. The first kappa shape index (κ1) is 16.5. The lowest BCUT2D eigenvalue weighted by molar-refractivity contribution is 0.0949. The Morgan fingerprint density at radius 3 is 2.88 bits per heavy atom. The number of carbonyl (C=O) groups is 1. The van der Waals surface area contributed by atoms with E-state index in [2.05, 4.69) is 10.4 Å². The molecule has 0 atom stereocenters. The standard InChI is InChI=1S/C19H16ClN3O3/c20-15-10-14(11-17-18(15)26-9-8-25-17)19(24)21-12-13-4-1-2-5-16(13)23-7-3-6-22-23/h1-7,10-11H,8-9,12H2,(H,21,24). The first-order chi connectivity index (χ1) is 12.7. The van der Waals surface area contributed by atoms with Crippen LogP contribution in [-0.4, -0.2) is 28.9 Å². The summed E-state index contributed by atoms with van der Waals surface area (Å²) in [7, 11) is 0. The molecule has 7 heteroatoms. The van der Waals surface area contributed by atoms with E-state index in [-0.39, 0.29) is 5.91 Å². The van der Waals surface area contributed by atoms with Crippen molar-refractivity contribution in [1.29, 1.82) is 0 Å². The number of aromatic nitrogens is 2. The van der Waals surface area contributed by atoms with E-state index >= 15 is 0 Å². The molecule has 1 N–H and O–H groups in total. The van der Waals surface area contributed by atoms with Crippen LogP contribution in [0.4, 0.5) is 0 Å². The minimum Gasteiger partial charge on any atom is -0.486 e. The van der Waals surface area contributed by atoms with Crippen LogP contribution in [0.15, 0.2) is 54.9 Å². The van der Waals surface area contributed by atoms with Crippen molar-refractivity contribution >= 4 is 17.5 Å². The summed E-state index contributed by atoms with van der Waals surface area (Å²) in [6.07, 6.45) is 3.58. The number of fused-ring (bicyclic) bond motifs is 1. The highest BCUT2D eigenvalue weighted by atomic mass is 35.5. The Labute approximate surface area is 155 Å². The molecule has 0 spiro atoms. The average molecular weight is 370 g/mol. The number of hydrogen-bond acceptors (Lipinski definition) is 4. The predicted molar refractivity (Wildman–Crippen MR) is 97.2 cm³/mol. The predicted octanol–water partition coefficient (Wildman–Crippen LogP) is 3.23. The molecule has 132 valence electrons. The molecule has 4 rings (SSSR count). The zero-order valence-electron chi connectivity index (χ0n) is 13.8. The van der Waals surface area contributed by atoms with Crippen LogP contribution in [0.2, 0.25) is 5.02 Å². The maximum absolute atomic E-state index is 12.6. The van der Waals surface area contributed by atoms with Crippen molar-refractivity contribution in [1.82, 2.24) is 15.1 Å². The summed E-state index contributed by atoms with van der Waals surface area (Å²) in [5.41, 5.74) is 2.29. The third-order valence-electron chi connectivity index (χ3n) is 4.04. The molecule has 2 aromatic carbocycles. The van der Waals surface area contributed by atoms with Crippen LogP contribution in [0.1, 0.15) is 15.9 Å². The van der Waals surface area contributed by atoms with Gasteiger partial charge in [-0.05, 0) is 29.8 Å². The Balaban J connectivity index is 1.53. The summed E-state index contributed by atoms with van der Waals surface area (Å²) in [5.74, 6) is 0.739. The van der Waals surface area contributed by atoms with Crippen molar-refractivity contribution in [2.45, 2.75) is 6.54 Å². The number of benzene rings is 2. The Kier molecular flexibility index (Phi) is 4.50. The van der Waals surface area contributed by atoms with Crippen LogP contribution in [-0.2, 0) is 6.54 Å². The number of para-hydroxylation sites is 1. The second-order valence-electron chi connectivity index (χ2n) is 5.74. The number of ether oxygens (including phenoxy) is 2. The topological polar surface area (TPSA) is 65.4 Å². The van der Waals surface area contributed by atoms with Gasteiger partial charge in [0.2, 0.25) is 0 Å². The Bertz CT molecular complexity index is 941. The van der Waals surface area contributed by atoms with Crippen LogP contribution in [0.3, 0.4) is 0 Å². The zero-order valence-corrected chi connectivity index (χ0v) is 14.6. The number of nitrogens with one attached hydrogen (secondary N) is 1. The molecule has 26 heavy (non-hydrogen) atoms. The third-order valence-corrected chi connectivity index (χ3v) is 4.32. The largest absolute Gasteiger partial charge is 0.486 e. The molecule has 0 radical (unpaired) electrons. The molecule has 1 aliphatic heterocycles. The Hall–Kier alpha value is -2.99. The van der Waals surface area contributed by atoms with Crippen molar-refractivity contribution in [3.8, 4) is 17.2 Å². The molecule has 0 fully saturated rings. The van der Waals surface area contributed by atoms with E-state index in [1.54, 1.807) is 23.0 Å². The monoisotopic (exact) mass is 369 g/mol. The van der Waals surface area contributed by atoms with Gasteiger partial charge in [0, 0.05) is 24.5 Å². The summed E-state index contributed by atoms with van der Waals surface area (Å²) in [5, 5.41) is 7.53. The van der Waals surface area contributed by atoms with Gasteiger partial charge in [-0.3, -0.25) is 4.79 Å². The van der Waals surface area contributed by atoms with Gasteiger partial charge in [0.1, 0.15) is 13.2 Å². The highest BCUT2D eigenvalue weighted by Crippen LogP contribution is 2.38. The van der Waals surface area contributed by atoms with E-state index in [0.29, 0.717) is 41.8 Å². The molecule has 1 aromatic heterocycles. The van der Waals surface area contributed by atoms with Gasteiger partial charge in [0.15, 0.2) is 11.5 Å². The smallest absolute Gasteiger partial charge is 0.251 e. The lowest BCUT2D eigenvalue weighted by atomic mass is 10.1. The second kappa shape index (κ2) is 7.09. The molecule has 0 unspecified atom stereocenters. The fourth-order valence-electron chi connectivity index (χ4n) is 2.81. The lowest BCUT2D eigenvalue weighted by Gasteiger charge is -2.20. The SMILES string of the molecule is O=C(NCc1ccccc1-n1cccn1)c1cc(Cl)c2c(c1)OCCO2. The van der Waals surface area contributed by atoms with Gasteiger partial charge >= 0.3 is 0 Å². The van der Waals surface area contributed by atoms with E-state index in [0.717, 1.165) is 11.3 Å². The molecule has 6 nitrogen and oxygen atoms in total. The summed E-state index contributed by atoms with van der Waals surface area (Å²) >= 11 is 6.20. The van der Waals surface area contributed by atoms with Gasteiger partial charge in [0.05, 0.1) is 10.7 Å². The normalized spacial score (nSPS) is 12.7. The molecule has 2 heterocycles. The van der Waals surface area contributed by atoms with E-state index in [1.165, 1.54) is 0 Å². The Morgan fingerprint density at radius 2 is 2.04 bits per heavy atom. The highest BCUT2D eigenvalue weighted by molar-refractivity contribution is 6.32. The minimum absolute atomic E-state index is 0.237. The average Bonchev–Trinajstić information content (AvgIpc) is 3.21. The van der Waals surface area contributed by atoms with E-state index in [9.17, 15) is 4.79 Å². The molecule has 1 amide bonds. The van der Waals surface area contributed by atoms with Gasteiger partial charge in [-0.15, -0.1) is 0 Å². The van der Waals surface area contributed by atoms with E-state index < -0.39 is 0 Å². The second-order valence-corrected chi connectivity index (χ2v) is 6.15. The first-order valence-corrected chi connectivity index (χ1v) is 8.55. The summed E-state index contributed by atoms with van der Waals surface area (Å²) < 4.78 is 12.8. The van der Waals surface area contributed by atoms with Gasteiger partial charge < -0.3 is 14.8 Å². The third kappa shape index (κ3) is 3.23. The van der Waals surface area contributed by atoms with Crippen molar-refractivity contribution in [2.75, 3.05) is 13.2 Å². The molecular weight excluding hydrogens is 354 g/mol. The minimum atomic E-state index is -0.237. The molecular formula is C19H16ClN3O3. The summed E-state index contributed by atoms with van der Waals surface area (Å²) in [4.78, 5) is 12.6. The number of nitrogens with zero attached hydrogens (tertiary/aromatic N) is 2. The molecule has 0 saturated heterocycles. The number of rotatable bonds is 4. The van der Waals surface area contributed by atoms with Crippen LogP contribution in [0, 0.1) is 0 Å². The number of carbonyl (C=O) groups excluding carboxylic acids is 1. The quantitative estimate of drug-likeness (QED) is 0.766. The van der Waals surface area contributed by atoms with Crippen LogP contribution < -0.4 is 14.8 Å². The van der Waals surface area contributed by atoms with Gasteiger partial charge in [-0.2, -0.15) is 5.10 Å². The fourth-order valence-corrected chi connectivity index (χ4v) is 3.08. The van der Waals surface area contributed by atoms with E-state index in [1.807, 2.05) is 36.5 Å². The lowest BCUT2D eigenvalue weighted by Crippen LogP contribution is -2.24. The molecule has 3 aromatic rings. The van der Waals surface area contributed by atoms with Crippen molar-refractivity contribution in [3.05, 3.63) is 71.0 Å². The molecule has 0 saturated carbocycles. The van der Waals surface area contributed by atoms with Crippen LogP contribution >= 0.6 is 11.6 Å².